The topological polar surface area (TPSA) is 43.4 Å². The van der Waals surface area contributed by atoms with E-state index in [0.29, 0.717) is 13.2 Å². The Morgan fingerprint density at radius 3 is 1.43 bits per heavy atom. The molecule has 0 aliphatic carbocycles. The van der Waals surface area contributed by atoms with Crippen molar-refractivity contribution in [2.75, 3.05) is 52.5 Å². The van der Waals surface area contributed by atoms with E-state index >= 15 is 0 Å². The van der Waals surface area contributed by atoms with Crippen molar-refractivity contribution in [1.82, 2.24) is 9.80 Å². The molecule has 0 radical (unpaired) electrons. The standard InChI is InChI=1S/C22H26N2O4/c1-3-7-21-19(5-1)25-15-17(27-21)13-23-9-11-24(12-10-23)14-18-16-26-20-6-2-4-8-22(20)28-18/h1-8,17-18H,9-16H2/t17-,18+. The van der Waals surface area contributed by atoms with Crippen molar-refractivity contribution in [1.29, 1.82) is 0 Å². The second-order valence-electron chi connectivity index (χ2n) is 7.60. The van der Waals surface area contributed by atoms with Crippen molar-refractivity contribution >= 4 is 0 Å². The smallest absolute Gasteiger partial charge is 0.161 e. The van der Waals surface area contributed by atoms with Crippen molar-refractivity contribution in [2.45, 2.75) is 12.2 Å². The van der Waals surface area contributed by atoms with Gasteiger partial charge in [-0.1, -0.05) is 24.3 Å². The molecular formula is C22H26N2O4. The van der Waals surface area contributed by atoms with Gasteiger partial charge in [0.1, 0.15) is 25.4 Å². The third-order valence-electron chi connectivity index (χ3n) is 5.52. The largest absolute Gasteiger partial charge is 0.486 e. The third kappa shape index (κ3) is 3.88. The number of hydrogen-bond donors (Lipinski definition) is 0. The average molecular weight is 382 g/mol. The molecule has 3 heterocycles. The Morgan fingerprint density at radius 1 is 0.607 bits per heavy atom. The number of hydrogen-bond acceptors (Lipinski definition) is 6. The zero-order chi connectivity index (χ0) is 18.8. The van der Waals surface area contributed by atoms with Crippen LogP contribution < -0.4 is 18.9 Å². The Kier molecular flexibility index (Phi) is 4.97. The molecule has 3 aliphatic rings. The molecule has 2 aromatic carbocycles. The summed E-state index contributed by atoms with van der Waals surface area (Å²) in [6.45, 7) is 7.17. The van der Waals surface area contributed by atoms with Gasteiger partial charge < -0.3 is 18.9 Å². The second kappa shape index (κ2) is 7.89. The molecule has 2 aromatic rings. The number of para-hydroxylation sites is 4. The molecular weight excluding hydrogens is 356 g/mol. The average Bonchev–Trinajstić information content (AvgIpc) is 2.75. The van der Waals surface area contributed by atoms with Gasteiger partial charge in [0.15, 0.2) is 23.0 Å². The van der Waals surface area contributed by atoms with Crippen LogP contribution in [0.1, 0.15) is 0 Å². The van der Waals surface area contributed by atoms with Gasteiger partial charge in [-0.05, 0) is 24.3 Å². The minimum atomic E-state index is 0.0908. The molecule has 0 amide bonds. The monoisotopic (exact) mass is 382 g/mol. The van der Waals surface area contributed by atoms with Crippen molar-refractivity contribution in [3.8, 4) is 23.0 Å². The summed E-state index contributed by atoms with van der Waals surface area (Å²) >= 11 is 0. The SMILES string of the molecule is c1ccc2c(c1)OC[C@H](CN1CCN(C[C@@H]3COc4ccccc4O3)CC1)O2. The van der Waals surface area contributed by atoms with Gasteiger partial charge in [-0.3, -0.25) is 9.80 Å². The molecule has 3 aliphatic heterocycles. The van der Waals surface area contributed by atoms with E-state index in [1.165, 1.54) is 0 Å². The first-order valence-electron chi connectivity index (χ1n) is 10.1. The van der Waals surface area contributed by atoms with Crippen molar-refractivity contribution in [2.24, 2.45) is 0 Å². The summed E-state index contributed by atoms with van der Waals surface area (Å²) in [7, 11) is 0. The fourth-order valence-corrected chi connectivity index (χ4v) is 4.04. The van der Waals surface area contributed by atoms with Gasteiger partial charge in [-0.2, -0.15) is 0 Å². The van der Waals surface area contributed by atoms with E-state index in [1.807, 2.05) is 48.5 Å². The Hall–Kier alpha value is -2.44. The number of ether oxygens (including phenoxy) is 4. The van der Waals surface area contributed by atoms with Gasteiger partial charge in [0.25, 0.3) is 0 Å². The van der Waals surface area contributed by atoms with E-state index in [0.717, 1.165) is 62.3 Å². The highest BCUT2D eigenvalue weighted by Gasteiger charge is 2.28. The van der Waals surface area contributed by atoms with Crippen LogP contribution in [0, 0.1) is 0 Å². The Balaban J connectivity index is 1.08. The minimum absolute atomic E-state index is 0.0908. The number of rotatable bonds is 4. The highest BCUT2D eigenvalue weighted by atomic mass is 16.6. The lowest BCUT2D eigenvalue weighted by molar-refractivity contribution is 0.0201. The van der Waals surface area contributed by atoms with Crippen LogP contribution in [-0.4, -0.2) is 74.5 Å². The van der Waals surface area contributed by atoms with Crippen LogP contribution in [0.4, 0.5) is 0 Å². The molecule has 6 heteroatoms. The van der Waals surface area contributed by atoms with Crippen LogP contribution in [0.3, 0.4) is 0 Å². The number of fused-ring (bicyclic) bond motifs is 2. The maximum Gasteiger partial charge on any atom is 0.161 e. The Labute approximate surface area is 165 Å². The lowest BCUT2D eigenvalue weighted by Crippen LogP contribution is -2.53. The van der Waals surface area contributed by atoms with Gasteiger partial charge in [0, 0.05) is 39.3 Å². The van der Waals surface area contributed by atoms with Crippen LogP contribution in [-0.2, 0) is 0 Å². The number of piperazine rings is 1. The fourth-order valence-electron chi connectivity index (χ4n) is 4.04. The van der Waals surface area contributed by atoms with Crippen LogP contribution >= 0.6 is 0 Å². The van der Waals surface area contributed by atoms with E-state index in [-0.39, 0.29) is 12.2 Å². The van der Waals surface area contributed by atoms with Crippen molar-refractivity contribution in [3.05, 3.63) is 48.5 Å². The van der Waals surface area contributed by atoms with Crippen LogP contribution in [0.2, 0.25) is 0 Å². The summed E-state index contributed by atoms with van der Waals surface area (Å²) in [5, 5.41) is 0. The summed E-state index contributed by atoms with van der Waals surface area (Å²) in [4.78, 5) is 4.93. The first-order chi connectivity index (χ1) is 13.8. The molecule has 0 aromatic heterocycles. The molecule has 0 saturated carbocycles. The summed E-state index contributed by atoms with van der Waals surface area (Å²) in [5.41, 5.74) is 0. The van der Waals surface area contributed by atoms with E-state index < -0.39 is 0 Å². The number of nitrogens with zero attached hydrogens (tertiary/aromatic N) is 2. The highest BCUT2D eigenvalue weighted by Crippen LogP contribution is 2.32. The van der Waals surface area contributed by atoms with Gasteiger partial charge in [-0.25, -0.2) is 0 Å². The van der Waals surface area contributed by atoms with Crippen LogP contribution in [0.15, 0.2) is 48.5 Å². The quantitative estimate of drug-likeness (QED) is 0.808. The van der Waals surface area contributed by atoms with Crippen LogP contribution in [0.5, 0.6) is 23.0 Å². The molecule has 6 nitrogen and oxygen atoms in total. The lowest BCUT2D eigenvalue weighted by Gasteiger charge is -2.39. The summed E-state index contributed by atoms with van der Waals surface area (Å²) < 4.78 is 23.9. The van der Waals surface area contributed by atoms with E-state index in [2.05, 4.69) is 9.80 Å². The van der Waals surface area contributed by atoms with Gasteiger partial charge in [0.05, 0.1) is 0 Å². The highest BCUT2D eigenvalue weighted by molar-refractivity contribution is 5.41. The predicted octanol–water partition coefficient (Wildman–Crippen LogP) is 2.28. The van der Waals surface area contributed by atoms with Gasteiger partial charge in [-0.15, -0.1) is 0 Å². The fraction of sp³-hybridized carbons (Fsp3) is 0.455. The molecule has 1 fully saturated rings. The maximum absolute atomic E-state index is 6.10. The zero-order valence-electron chi connectivity index (χ0n) is 16.0. The maximum atomic E-state index is 6.10. The minimum Gasteiger partial charge on any atom is -0.486 e. The van der Waals surface area contributed by atoms with Gasteiger partial charge >= 0.3 is 0 Å². The van der Waals surface area contributed by atoms with Crippen molar-refractivity contribution in [3.63, 3.8) is 0 Å². The summed E-state index contributed by atoms with van der Waals surface area (Å²) in [6, 6.07) is 15.8. The Bertz CT molecular complexity index is 739. The van der Waals surface area contributed by atoms with Crippen molar-refractivity contribution < 1.29 is 18.9 Å². The first-order valence-corrected chi connectivity index (χ1v) is 10.1. The van der Waals surface area contributed by atoms with Gasteiger partial charge in [0.2, 0.25) is 0 Å². The van der Waals surface area contributed by atoms with E-state index in [1.54, 1.807) is 0 Å². The second-order valence-corrected chi connectivity index (χ2v) is 7.60. The van der Waals surface area contributed by atoms with Crippen LogP contribution in [0.25, 0.3) is 0 Å². The first kappa shape index (κ1) is 17.6. The normalized spacial score (nSPS) is 24.7. The summed E-state index contributed by atoms with van der Waals surface area (Å²) in [6.07, 6.45) is 0.182. The zero-order valence-corrected chi connectivity index (χ0v) is 16.0. The lowest BCUT2D eigenvalue weighted by atomic mass is 10.2. The molecule has 28 heavy (non-hydrogen) atoms. The molecule has 2 atom stereocenters. The molecule has 1 saturated heterocycles. The van der Waals surface area contributed by atoms with E-state index in [4.69, 9.17) is 18.9 Å². The molecule has 0 spiro atoms. The van der Waals surface area contributed by atoms with E-state index in [9.17, 15) is 0 Å². The molecule has 0 unspecified atom stereocenters. The number of benzene rings is 2. The summed E-state index contributed by atoms with van der Waals surface area (Å²) in [5.74, 6) is 3.40. The predicted molar refractivity (Wildman–Crippen MR) is 106 cm³/mol. The Morgan fingerprint density at radius 2 is 1.00 bits per heavy atom. The third-order valence-corrected chi connectivity index (χ3v) is 5.52. The molecule has 0 N–H and O–H groups in total. The molecule has 0 bridgehead atoms. The molecule has 5 rings (SSSR count). The molecule has 148 valence electrons.